The lowest BCUT2D eigenvalue weighted by Gasteiger charge is -2.40. The number of hydrogen-bond acceptors (Lipinski definition) is 4. The molecule has 16 heavy (non-hydrogen) atoms. The lowest BCUT2D eigenvalue weighted by Crippen LogP contribution is -2.58. The standard InChI is InChI=1S/C10H11ClN2O2S/c11-7-2-1-3-13-9(7)16-10(4-8(14)15)5-12-6-10/h1-3,12H,4-6H2,(H,14,15). The molecule has 0 unspecified atom stereocenters. The van der Waals surface area contributed by atoms with Crippen LogP contribution in [0.5, 0.6) is 0 Å². The van der Waals surface area contributed by atoms with Gasteiger partial charge < -0.3 is 10.4 Å². The van der Waals surface area contributed by atoms with Crippen LogP contribution in [-0.4, -0.2) is 33.9 Å². The molecule has 1 aromatic heterocycles. The largest absolute Gasteiger partial charge is 0.481 e. The van der Waals surface area contributed by atoms with Crippen molar-refractivity contribution in [1.82, 2.24) is 10.3 Å². The summed E-state index contributed by atoms with van der Waals surface area (Å²) in [5.74, 6) is -0.791. The molecule has 0 aromatic carbocycles. The molecule has 0 radical (unpaired) electrons. The van der Waals surface area contributed by atoms with Crippen molar-refractivity contribution < 1.29 is 9.90 Å². The van der Waals surface area contributed by atoms with Crippen LogP contribution >= 0.6 is 23.4 Å². The topological polar surface area (TPSA) is 62.2 Å². The molecule has 6 heteroatoms. The number of rotatable bonds is 4. The SMILES string of the molecule is O=C(O)CC1(Sc2ncccc2Cl)CNC1. The van der Waals surface area contributed by atoms with E-state index in [-0.39, 0.29) is 11.2 Å². The fourth-order valence-corrected chi connectivity index (χ4v) is 3.03. The Morgan fingerprint density at radius 2 is 2.44 bits per heavy atom. The maximum atomic E-state index is 10.8. The minimum atomic E-state index is -0.791. The molecule has 1 saturated heterocycles. The predicted octanol–water partition coefficient (Wildman–Crippen LogP) is 1.64. The van der Waals surface area contributed by atoms with Crippen LogP contribution < -0.4 is 5.32 Å². The minimum Gasteiger partial charge on any atom is -0.481 e. The van der Waals surface area contributed by atoms with Gasteiger partial charge >= 0.3 is 5.97 Å². The number of aliphatic carboxylic acids is 1. The molecule has 4 nitrogen and oxygen atoms in total. The van der Waals surface area contributed by atoms with Gasteiger partial charge in [-0.3, -0.25) is 4.79 Å². The van der Waals surface area contributed by atoms with Gasteiger partial charge in [-0.15, -0.1) is 0 Å². The van der Waals surface area contributed by atoms with E-state index in [1.165, 1.54) is 11.8 Å². The highest BCUT2D eigenvalue weighted by Gasteiger charge is 2.41. The Kier molecular flexibility index (Phi) is 3.37. The summed E-state index contributed by atoms with van der Waals surface area (Å²) in [6.45, 7) is 1.35. The molecule has 86 valence electrons. The Bertz CT molecular complexity index is 410. The first-order valence-corrected chi connectivity index (χ1v) is 6.03. The summed E-state index contributed by atoms with van der Waals surface area (Å²) in [5.41, 5.74) is 0. The number of hydrogen-bond donors (Lipinski definition) is 2. The molecule has 0 aliphatic carbocycles. The first-order valence-electron chi connectivity index (χ1n) is 4.83. The second-order valence-electron chi connectivity index (χ2n) is 3.75. The zero-order valence-electron chi connectivity index (χ0n) is 8.44. The second-order valence-corrected chi connectivity index (χ2v) is 5.61. The van der Waals surface area contributed by atoms with E-state index in [0.717, 1.165) is 0 Å². The van der Waals surface area contributed by atoms with Gasteiger partial charge in [-0.05, 0) is 12.1 Å². The zero-order chi connectivity index (χ0) is 11.6. The van der Waals surface area contributed by atoms with Crippen LogP contribution in [0.4, 0.5) is 0 Å². The van der Waals surface area contributed by atoms with E-state index < -0.39 is 5.97 Å². The zero-order valence-corrected chi connectivity index (χ0v) is 10.0. The van der Waals surface area contributed by atoms with Gasteiger partial charge in [-0.1, -0.05) is 23.4 Å². The van der Waals surface area contributed by atoms with Gasteiger partial charge in [0.2, 0.25) is 0 Å². The van der Waals surface area contributed by atoms with Gasteiger partial charge in [0.15, 0.2) is 0 Å². The summed E-state index contributed by atoms with van der Waals surface area (Å²) in [7, 11) is 0. The Morgan fingerprint density at radius 3 is 2.94 bits per heavy atom. The molecule has 2 rings (SSSR count). The van der Waals surface area contributed by atoms with Gasteiger partial charge in [0.25, 0.3) is 0 Å². The third-order valence-corrected chi connectivity index (χ3v) is 4.21. The normalized spacial score (nSPS) is 17.8. The number of nitrogens with one attached hydrogen (secondary N) is 1. The number of halogens is 1. The number of pyridine rings is 1. The highest BCUT2D eigenvalue weighted by Crippen LogP contribution is 2.40. The molecule has 1 fully saturated rings. The van der Waals surface area contributed by atoms with Crippen molar-refractivity contribution >= 4 is 29.3 Å². The van der Waals surface area contributed by atoms with Gasteiger partial charge in [-0.25, -0.2) is 4.98 Å². The summed E-state index contributed by atoms with van der Waals surface area (Å²) in [5, 5.41) is 13.2. The van der Waals surface area contributed by atoms with Crippen LogP contribution in [0.25, 0.3) is 0 Å². The first kappa shape index (κ1) is 11.7. The average molecular weight is 259 g/mol. The molecule has 0 saturated carbocycles. The third-order valence-electron chi connectivity index (χ3n) is 2.41. The van der Waals surface area contributed by atoms with Crippen molar-refractivity contribution in [2.75, 3.05) is 13.1 Å². The number of nitrogens with zero attached hydrogens (tertiary/aromatic N) is 1. The molecule has 1 aliphatic rings. The quantitative estimate of drug-likeness (QED) is 0.860. The first-order chi connectivity index (χ1) is 7.61. The molecular weight excluding hydrogens is 248 g/mol. The molecule has 0 atom stereocenters. The number of thioether (sulfide) groups is 1. The van der Waals surface area contributed by atoms with Crippen molar-refractivity contribution in [3.8, 4) is 0 Å². The number of carboxylic acid groups (broad SMARTS) is 1. The van der Waals surface area contributed by atoms with Crippen LogP contribution in [-0.2, 0) is 4.79 Å². The van der Waals surface area contributed by atoms with Crippen LogP contribution in [0.3, 0.4) is 0 Å². The number of carboxylic acids is 1. The molecule has 2 N–H and O–H groups in total. The second kappa shape index (κ2) is 4.61. The van der Waals surface area contributed by atoms with Crippen LogP contribution in [0, 0.1) is 0 Å². The van der Waals surface area contributed by atoms with Crippen LogP contribution in [0.1, 0.15) is 6.42 Å². The van der Waals surface area contributed by atoms with Crippen molar-refractivity contribution in [1.29, 1.82) is 0 Å². The van der Waals surface area contributed by atoms with Crippen molar-refractivity contribution in [2.24, 2.45) is 0 Å². The van der Waals surface area contributed by atoms with E-state index in [4.69, 9.17) is 16.7 Å². The molecular formula is C10H11ClN2O2S. The van der Waals surface area contributed by atoms with Gasteiger partial charge in [0.1, 0.15) is 5.03 Å². The Balaban J connectivity index is 2.13. The van der Waals surface area contributed by atoms with Gasteiger partial charge in [0.05, 0.1) is 16.2 Å². The van der Waals surface area contributed by atoms with Gasteiger partial charge in [0, 0.05) is 19.3 Å². The fraction of sp³-hybridized carbons (Fsp3) is 0.400. The van der Waals surface area contributed by atoms with E-state index in [1.54, 1.807) is 18.3 Å². The summed E-state index contributed by atoms with van der Waals surface area (Å²) in [4.78, 5) is 15.0. The summed E-state index contributed by atoms with van der Waals surface area (Å²) in [6.07, 6.45) is 1.78. The lowest BCUT2D eigenvalue weighted by atomic mass is 9.98. The maximum Gasteiger partial charge on any atom is 0.304 e. The maximum absolute atomic E-state index is 10.8. The molecule has 2 heterocycles. The Labute approximate surface area is 102 Å². The summed E-state index contributed by atoms with van der Waals surface area (Å²) >= 11 is 7.44. The summed E-state index contributed by atoms with van der Waals surface area (Å²) in [6, 6.07) is 3.52. The number of carbonyl (C=O) groups is 1. The molecule has 1 aliphatic heterocycles. The van der Waals surface area contributed by atoms with E-state index in [1.807, 2.05) is 0 Å². The fourth-order valence-electron chi connectivity index (χ4n) is 1.56. The lowest BCUT2D eigenvalue weighted by molar-refractivity contribution is -0.138. The Hall–Kier alpha value is -0.780. The third kappa shape index (κ3) is 2.48. The van der Waals surface area contributed by atoms with E-state index in [0.29, 0.717) is 23.1 Å². The molecule has 0 spiro atoms. The predicted molar refractivity (Wildman–Crippen MR) is 63.0 cm³/mol. The molecule has 0 amide bonds. The minimum absolute atomic E-state index is 0.123. The van der Waals surface area contributed by atoms with Crippen molar-refractivity contribution in [3.05, 3.63) is 23.4 Å². The van der Waals surface area contributed by atoms with E-state index in [2.05, 4.69) is 10.3 Å². The number of aromatic nitrogens is 1. The van der Waals surface area contributed by atoms with Crippen LogP contribution in [0.2, 0.25) is 5.02 Å². The van der Waals surface area contributed by atoms with Crippen molar-refractivity contribution in [2.45, 2.75) is 16.2 Å². The summed E-state index contributed by atoms with van der Waals surface area (Å²) < 4.78 is -0.302. The molecule has 0 bridgehead atoms. The van der Waals surface area contributed by atoms with Crippen molar-refractivity contribution in [3.63, 3.8) is 0 Å². The smallest absolute Gasteiger partial charge is 0.304 e. The highest BCUT2D eigenvalue weighted by molar-refractivity contribution is 8.00. The average Bonchev–Trinajstić information content (AvgIpc) is 2.17. The molecule has 1 aromatic rings. The van der Waals surface area contributed by atoms with Crippen LogP contribution in [0.15, 0.2) is 23.4 Å². The van der Waals surface area contributed by atoms with E-state index >= 15 is 0 Å². The highest BCUT2D eigenvalue weighted by atomic mass is 35.5. The van der Waals surface area contributed by atoms with Gasteiger partial charge in [-0.2, -0.15) is 0 Å². The van der Waals surface area contributed by atoms with E-state index in [9.17, 15) is 4.79 Å². The monoisotopic (exact) mass is 258 g/mol. The Morgan fingerprint density at radius 1 is 1.69 bits per heavy atom.